The molecular weight excluding hydrogens is 235 g/mol. The number of hydrogen-bond acceptors (Lipinski definition) is 2. The molecule has 2 unspecified atom stereocenters. The molecule has 17 heavy (non-hydrogen) atoms. The van der Waals surface area contributed by atoms with Crippen molar-refractivity contribution in [3.8, 4) is 0 Å². The van der Waals surface area contributed by atoms with Crippen LogP contribution in [0.3, 0.4) is 0 Å². The molecule has 0 aromatic heterocycles. The molecule has 0 bridgehead atoms. The standard InChI is InChI=1S/C13H21O3P/c1-4-5-12(3)16-17(14,15)10-13-8-6-11(2)7-9-13/h6-9,12H,4-5,10H2,1-3H3,(H,14,15). The van der Waals surface area contributed by atoms with E-state index in [-0.39, 0.29) is 12.3 Å². The van der Waals surface area contributed by atoms with Gasteiger partial charge in [-0.3, -0.25) is 4.57 Å². The van der Waals surface area contributed by atoms with Gasteiger partial charge in [0.05, 0.1) is 12.3 Å². The lowest BCUT2D eigenvalue weighted by Gasteiger charge is -2.17. The van der Waals surface area contributed by atoms with E-state index >= 15 is 0 Å². The lowest BCUT2D eigenvalue weighted by atomic mass is 10.2. The maximum absolute atomic E-state index is 11.9. The molecule has 96 valence electrons. The zero-order valence-corrected chi connectivity index (χ0v) is 11.6. The van der Waals surface area contributed by atoms with Crippen LogP contribution in [0.25, 0.3) is 0 Å². The quantitative estimate of drug-likeness (QED) is 0.785. The first-order chi connectivity index (χ1) is 7.93. The summed E-state index contributed by atoms with van der Waals surface area (Å²) in [6.45, 7) is 5.85. The summed E-state index contributed by atoms with van der Waals surface area (Å²) in [5.41, 5.74) is 1.98. The second-order valence-electron chi connectivity index (χ2n) is 4.49. The van der Waals surface area contributed by atoms with Crippen LogP contribution >= 0.6 is 7.60 Å². The lowest BCUT2D eigenvalue weighted by Crippen LogP contribution is -2.06. The highest BCUT2D eigenvalue weighted by Crippen LogP contribution is 2.47. The van der Waals surface area contributed by atoms with Gasteiger partial charge in [0.1, 0.15) is 0 Å². The zero-order valence-electron chi connectivity index (χ0n) is 10.7. The Morgan fingerprint density at radius 1 is 1.35 bits per heavy atom. The van der Waals surface area contributed by atoms with Crippen molar-refractivity contribution in [3.63, 3.8) is 0 Å². The predicted molar refractivity (Wildman–Crippen MR) is 70.2 cm³/mol. The summed E-state index contributed by atoms with van der Waals surface area (Å²) in [7, 11) is -3.52. The summed E-state index contributed by atoms with van der Waals surface area (Å²) < 4.78 is 17.1. The Labute approximate surface area is 103 Å². The highest BCUT2D eigenvalue weighted by molar-refractivity contribution is 7.51. The molecule has 1 aromatic rings. The van der Waals surface area contributed by atoms with Gasteiger partial charge in [0.15, 0.2) is 0 Å². The van der Waals surface area contributed by atoms with E-state index in [9.17, 15) is 9.46 Å². The second-order valence-corrected chi connectivity index (χ2v) is 6.29. The highest BCUT2D eigenvalue weighted by Gasteiger charge is 2.22. The van der Waals surface area contributed by atoms with Crippen LogP contribution in [0, 0.1) is 6.92 Å². The molecule has 0 aliphatic rings. The second kappa shape index (κ2) is 6.34. The van der Waals surface area contributed by atoms with Gasteiger partial charge < -0.3 is 9.42 Å². The van der Waals surface area contributed by atoms with Crippen molar-refractivity contribution in [2.24, 2.45) is 0 Å². The summed E-state index contributed by atoms with van der Waals surface area (Å²) in [6.07, 6.45) is 1.67. The van der Waals surface area contributed by atoms with Gasteiger partial charge in [0.2, 0.25) is 0 Å². The summed E-state index contributed by atoms with van der Waals surface area (Å²) in [4.78, 5) is 9.77. The fraction of sp³-hybridized carbons (Fsp3) is 0.538. The first-order valence-electron chi connectivity index (χ1n) is 5.98. The summed E-state index contributed by atoms with van der Waals surface area (Å²) >= 11 is 0. The van der Waals surface area contributed by atoms with Crippen molar-refractivity contribution < 1.29 is 14.0 Å². The smallest absolute Gasteiger partial charge is 0.324 e. The fourth-order valence-corrected chi connectivity index (χ4v) is 3.12. The van der Waals surface area contributed by atoms with Crippen molar-refractivity contribution in [3.05, 3.63) is 35.4 Å². The van der Waals surface area contributed by atoms with E-state index in [1.807, 2.05) is 45.0 Å². The predicted octanol–water partition coefficient (Wildman–Crippen LogP) is 3.89. The molecule has 0 heterocycles. The van der Waals surface area contributed by atoms with Crippen LogP contribution in [0.15, 0.2) is 24.3 Å². The molecule has 0 radical (unpaired) electrons. The maximum atomic E-state index is 11.9. The summed E-state index contributed by atoms with van der Waals surface area (Å²) in [6, 6.07) is 7.60. The molecule has 0 amide bonds. The van der Waals surface area contributed by atoms with Gasteiger partial charge in [-0.25, -0.2) is 0 Å². The molecule has 0 saturated heterocycles. The molecule has 3 nitrogen and oxygen atoms in total. The Balaban J connectivity index is 2.59. The Morgan fingerprint density at radius 3 is 2.47 bits per heavy atom. The van der Waals surface area contributed by atoms with Gasteiger partial charge in [-0.15, -0.1) is 0 Å². The van der Waals surface area contributed by atoms with E-state index < -0.39 is 7.60 Å². The van der Waals surface area contributed by atoms with Gasteiger partial charge in [-0.1, -0.05) is 43.2 Å². The van der Waals surface area contributed by atoms with E-state index in [0.29, 0.717) is 0 Å². The molecule has 1 aromatic carbocycles. The van der Waals surface area contributed by atoms with Gasteiger partial charge in [-0.05, 0) is 25.8 Å². The first kappa shape index (κ1) is 14.4. The lowest BCUT2D eigenvalue weighted by molar-refractivity contribution is 0.179. The maximum Gasteiger partial charge on any atom is 0.332 e. The minimum Gasteiger partial charge on any atom is -0.324 e. The molecule has 0 saturated carbocycles. The third kappa shape index (κ3) is 5.49. The van der Waals surface area contributed by atoms with E-state index in [0.717, 1.165) is 24.0 Å². The van der Waals surface area contributed by atoms with Crippen molar-refractivity contribution >= 4 is 7.60 Å². The fourth-order valence-electron chi connectivity index (χ4n) is 1.70. The minimum atomic E-state index is -3.52. The number of rotatable bonds is 6. The third-order valence-corrected chi connectivity index (χ3v) is 4.00. The SMILES string of the molecule is CCCC(C)OP(=O)(O)Cc1ccc(C)cc1. The van der Waals surface area contributed by atoms with Crippen molar-refractivity contribution in [2.45, 2.75) is 45.9 Å². The van der Waals surface area contributed by atoms with Crippen molar-refractivity contribution in [1.82, 2.24) is 0 Å². The van der Waals surface area contributed by atoms with Crippen LogP contribution in [0.4, 0.5) is 0 Å². The van der Waals surface area contributed by atoms with Crippen LogP contribution in [0.5, 0.6) is 0 Å². The summed E-state index contributed by atoms with van der Waals surface area (Å²) in [5.74, 6) is 0. The molecule has 2 atom stereocenters. The van der Waals surface area contributed by atoms with Crippen LogP contribution in [0.2, 0.25) is 0 Å². The topological polar surface area (TPSA) is 46.5 Å². The normalized spacial score (nSPS) is 16.5. The Hall–Kier alpha value is -0.630. The monoisotopic (exact) mass is 256 g/mol. The number of benzene rings is 1. The summed E-state index contributed by atoms with van der Waals surface area (Å²) in [5, 5.41) is 0. The van der Waals surface area contributed by atoms with Crippen molar-refractivity contribution in [1.29, 1.82) is 0 Å². The van der Waals surface area contributed by atoms with Crippen LogP contribution in [-0.2, 0) is 15.3 Å². The third-order valence-electron chi connectivity index (χ3n) is 2.54. The van der Waals surface area contributed by atoms with E-state index in [1.54, 1.807) is 0 Å². The van der Waals surface area contributed by atoms with Gasteiger partial charge in [0.25, 0.3) is 0 Å². The highest BCUT2D eigenvalue weighted by atomic mass is 31.2. The van der Waals surface area contributed by atoms with E-state index in [4.69, 9.17) is 4.52 Å². The van der Waals surface area contributed by atoms with Crippen LogP contribution < -0.4 is 0 Å². The zero-order chi connectivity index (χ0) is 12.9. The Kier molecular flexibility index (Phi) is 5.38. The van der Waals surface area contributed by atoms with E-state index in [1.165, 1.54) is 0 Å². The Bertz CT molecular complexity index is 386. The first-order valence-corrected chi connectivity index (χ1v) is 7.75. The van der Waals surface area contributed by atoms with E-state index in [2.05, 4.69) is 0 Å². The van der Waals surface area contributed by atoms with Gasteiger partial charge in [-0.2, -0.15) is 0 Å². The Morgan fingerprint density at radius 2 is 1.94 bits per heavy atom. The number of aryl methyl sites for hydroxylation is 1. The van der Waals surface area contributed by atoms with Gasteiger partial charge in [0, 0.05) is 0 Å². The molecule has 0 aliphatic heterocycles. The van der Waals surface area contributed by atoms with Crippen LogP contribution in [0.1, 0.15) is 37.8 Å². The molecule has 0 fully saturated rings. The average molecular weight is 256 g/mol. The molecular formula is C13H21O3P. The molecule has 4 heteroatoms. The average Bonchev–Trinajstić information content (AvgIpc) is 2.20. The van der Waals surface area contributed by atoms with Crippen LogP contribution in [-0.4, -0.2) is 11.0 Å². The minimum absolute atomic E-state index is 0.0847. The molecule has 1 N–H and O–H groups in total. The molecule has 1 rings (SSSR count). The largest absolute Gasteiger partial charge is 0.332 e. The number of hydrogen-bond donors (Lipinski definition) is 1. The molecule has 0 spiro atoms. The molecule has 0 aliphatic carbocycles. The van der Waals surface area contributed by atoms with Gasteiger partial charge >= 0.3 is 7.60 Å². The van der Waals surface area contributed by atoms with Crippen molar-refractivity contribution in [2.75, 3.05) is 0 Å².